The van der Waals surface area contributed by atoms with Gasteiger partial charge in [0, 0.05) is 5.54 Å². The van der Waals surface area contributed by atoms with Gasteiger partial charge in [0.05, 0.1) is 26.1 Å². The van der Waals surface area contributed by atoms with Crippen LogP contribution in [0.25, 0.3) is 11.2 Å². The molecule has 2 heterocycles. The fraction of sp³-hybridized carbons (Fsp3) is 0.417. The van der Waals surface area contributed by atoms with E-state index in [-0.39, 0.29) is 31.4 Å². The normalized spacial score (nSPS) is 13.2. The van der Waals surface area contributed by atoms with Gasteiger partial charge >= 0.3 is 0 Å². The van der Waals surface area contributed by atoms with Crippen LogP contribution in [0.1, 0.15) is 0 Å². The highest BCUT2D eigenvalue weighted by molar-refractivity contribution is 6.25. The van der Waals surface area contributed by atoms with Crippen LogP contribution in [-0.4, -0.2) is 50.6 Å². The van der Waals surface area contributed by atoms with Crippen molar-refractivity contribution in [2.24, 2.45) is 0 Å². The molecule has 0 spiro atoms. The molecule has 120 valence electrons. The summed E-state index contributed by atoms with van der Waals surface area (Å²) in [6.07, 6.45) is 2.51. The summed E-state index contributed by atoms with van der Waals surface area (Å²) in [5.41, 5.74) is 6.91. The summed E-state index contributed by atoms with van der Waals surface area (Å²) in [6.45, 7) is 0.352. The molecule has 0 aliphatic heterocycles. The number of ether oxygens (including phenoxy) is 2. The number of nitrogens with zero attached hydrogens (tertiary/aromatic N) is 3. The minimum Gasteiger partial charge on any atom is -0.394 e. The van der Waals surface area contributed by atoms with Gasteiger partial charge in [-0.05, 0) is 6.08 Å². The Labute approximate surface area is 130 Å². The molecule has 2 aromatic rings. The third kappa shape index (κ3) is 4.04. The molecular formula is C12H16ClN5O4. The van der Waals surface area contributed by atoms with E-state index in [4.69, 9.17) is 26.8 Å². The molecule has 2 aromatic heterocycles. The van der Waals surface area contributed by atoms with Crippen LogP contribution in [-0.2, 0) is 16.2 Å². The van der Waals surface area contributed by atoms with Gasteiger partial charge in [-0.15, -0.1) is 0 Å². The van der Waals surface area contributed by atoms with Crippen molar-refractivity contribution in [2.75, 3.05) is 25.6 Å². The van der Waals surface area contributed by atoms with Gasteiger partial charge < -0.3 is 20.3 Å². The third-order valence-electron chi connectivity index (χ3n) is 2.75. The predicted molar refractivity (Wildman–Crippen MR) is 80.3 cm³/mol. The molecule has 0 amide bonds. The number of fused-ring (bicyclic) bond motifs is 1. The third-order valence-corrected chi connectivity index (χ3v) is 2.93. The second kappa shape index (κ2) is 7.90. The van der Waals surface area contributed by atoms with Crippen LogP contribution in [0.3, 0.4) is 0 Å². The molecular weight excluding hydrogens is 314 g/mol. The monoisotopic (exact) mass is 329 g/mol. The van der Waals surface area contributed by atoms with Crippen molar-refractivity contribution < 1.29 is 14.6 Å². The molecule has 2 rings (SSSR count). The van der Waals surface area contributed by atoms with Gasteiger partial charge in [-0.2, -0.15) is 4.98 Å². The summed E-state index contributed by atoms with van der Waals surface area (Å²) in [4.78, 5) is 22.0. The lowest BCUT2D eigenvalue weighted by atomic mass is 10.4. The Balaban J connectivity index is 2.00. The zero-order chi connectivity index (χ0) is 15.9. The number of H-pyrrole nitrogens is 1. The van der Waals surface area contributed by atoms with E-state index in [1.807, 2.05) is 0 Å². The maximum atomic E-state index is 11.6. The Kier molecular flexibility index (Phi) is 5.90. The molecule has 1 atom stereocenters. The van der Waals surface area contributed by atoms with Crippen molar-refractivity contribution in [1.82, 2.24) is 19.5 Å². The van der Waals surface area contributed by atoms with Crippen molar-refractivity contribution in [2.45, 2.75) is 12.8 Å². The van der Waals surface area contributed by atoms with Crippen LogP contribution in [0.2, 0.25) is 0 Å². The number of anilines is 1. The average molecular weight is 330 g/mol. The van der Waals surface area contributed by atoms with Gasteiger partial charge in [-0.25, -0.2) is 4.98 Å². The van der Waals surface area contributed by atoms with E-state index in [1.54, 1.807) is 6.08 Å². The minimum atomic E-state index is -0.527. The molecule has 1 unspecified atom stereocenters. The average Bonchev–Trinajstić information content (AvgIpc) is 2.90. The molecule has 0 radical (unpaired) electrons. The molecule has 0 bridgehead atoms. The number of aliphatic hydroxyl groups is 1. The van der Waals surface area contributed by atoms with Gasteiger partial charge in [0.15, 0.2) is 11.2 Å². The lowest BCUT2D eigenvalue weighted by molar-refractivity contribution is -0.0626. The summed E-state index contributed by atoms with van der Waals surface area (Å²) in [5.74, 6) is -0.00541. The highest BCUT2D eigenvalue weighted by Crippen LogP contribution is 2.07. The standard InChI is InChI=1S/C12H16ClN5O4/c13-2-1-3-21-5-8(4-19)22-7-18-6-15-9-10(18)16-12(14)17-11(9)20/h1-2,6,8,19H,3-5,7H2,(H3,14,16,17,20)/b2-1+. The largest absolute Gasteiger partial charge is 0.394 e. The van der Waals surface area contributed by atoms with Crippen LogP contribution < -0.4 is 11.3 Å². The second-order valence-corrected chi connectivity index (χ2v) is 4.59. The number of nitrogen functional groups attached to an aromatic ring is 1. The molecule has 0 saturated heterocycles. The lowest BCUT2D eigenvalue weighted by Crippen LogP contribution is -2.25. The number of nitrogens with one attached hydrogen (secondary N) is 1. The van der Waals surface area contributed by atoms with Crippen molar-refractivity contribution >= 4 is 28.7 Å². The zero-order valence-electron chi connectivity index (χ0n) is 11.6. The number of rotatable bonds is 8. The van der Waals surface area contributed by atoms with Crippen LogP contribution in [0.4, 0.5) is 5.95 Å². The number of imidazole rings is 1. The van der Waals surface area contributed by atoms with Gasteiger partial charge in [0.1, 0.15) is 12.8 Å². The SMILES string of the molecule is Nc1nc2c(ncn2COC(CO)COC/C=C/Cl)c(=O)[nH]1. The van der Waals surface area contributed by atoms with E-state index >= 15 is 0 Å². The molecule has 0 aliphatic rings. The minimum absolute atomic E-state index is 0.00541. The first-order chi connectivity index (χ1) is 10.7. The fourth-order valence-electron chi connectivity index (χ4n) is 1.71. The quantitative estimate of drug-likeness (QED) is 0.572. The van der Waals surface area contributed by atoms with E-state index in [0.717, 1.165) is 0 Å². The smallest absolute Gasteiger partial charge is 0.280 e. The highest BCUT2D eigenvalue weighted by atomic mass is 35.5. The summed E-state index contributed by atoms with van der Waals surface area (Å²) in [6, 6.07) is 0. The first kappa shape index (κ1) is 16.4. The molecule has 22 heavy (non-hydrogen) atoms. The van der Waals surface area contributed by atoms with Crippen molar-refractivity contribution in [3.05, 3.63) is 28.3 Å². The molecule has 9 nitrogen and oxygen atoms in total. The Morgan fingerprint density at radius 2 is 2.41 bits per heavy atom. The van der Waals surface area contributed by atoms with Gasteiger partial charge in [-0.1, -0.05) is 11.6 Å². The number of nitrogens with two attached hydrogens (primary N) is 1. The number of aromatic nitrogens is 4. The van der Waals surface area contributed by atoms with Crippen molar-refractivity contribution in [3.8, 4) is 0 Å². The zero-order valence-corrected chi connectivity index (χ0v) is 12.4. The molecule has 4 N–H and O–H groups in total. The molecule has 0 fully saturated rings. The summed E-state index contributed by atoms with van der Waals surface area (Å²) >= 11 is 5.36. The Hall–Kier alpha value is -1.94. The molecule has 0 saturated carbocycles. The maximum Gasteiger partial charge on any atom is 0.280 e. The number of halogens is 1. The highest BCUT2D eigenvalue weighted by Gasteiger charge is 2.12. The number of aromatic amines is 1. The first-order valence-electron chi connectivity index (χ1n) is 6.41. The molecule has 0 aromatic carbocycles. The van der Waals surface area contributed by atoms with E-state index in [1.165, 1.54) is 16.4 Å². The summed E-state index contributed by atoms with van der Waals surface area (Å²) in [5, 5.41) is 9.25. The van der Waals surface area contributed by atoms with Crippen LogP contribution in [0.5, 0.6) is 0 Å². The fourth-order valence-corrected chi connectivity index (χ4v) is 1.78. The predicted octanol–water partition coefficient (Wildman–Crippen LogP) is -0.194. The van der Waals surface area contributed by atoms with E-state index in [9.17, 15) is 9.90 Å². The van der Waals surface area contributed by atoms with Crippen LogP contribution in [0, 0.1) is 0 Å². The number of hydrogen-bond donors (Lipinski definition) is 3. The summed E-state index contributed by atoms with van der Waals surface area (Å²) < 4.78 is 12.3. The number of aliphatic hydroxyl groups excluding tert-OH is 1. The first-order valence-corrected chi connectivity index (χ1v) is 6.85. The van der Waals surface area contributed by atoms with E-state index < -0.39 is 11.7 Å². The van der Waals surface area contributed by atoms with E-state index in [0.29, 0.717) is 12.3 Å². The van der Waals surface area contributed by atoms with Crippen LogP contribution >= 0.6 is 11.6 Å². The molecule has 10 heteroatoms. The van der Waals surface area contributed by atoms with Gasteiger partial charge in [-0.3, -0.25) is 14.3 Å². The van der Waals surface area contributed by atoms with Crippen molar-refractivity contribution in [1.29, 1.82) is 0 Å². The maximum absolute atomic E-state index is 11.6. The van der Waals surface area contributed by atoms with Crippen molar-refractivity contribution in [3.63, 3.8) is 0 Å². The molecule has 0 aliphatic carbocycles. The number of hydrogen-bond acceptors (Lipinski definition) is 7. The van der Waals surface area contributed by atoms with E-state index in [2.05, 4.69) is 15.0 Å². The Morgan fingerprint density at radius 3 is 3.14 bits per heavy atom. The summed E-state index contributed by atoms with van der Waals surface area (Å²) in [7, 11) is 0. The lowest BCUT2D eigenvalue weighted by Gasteiger charge is -2.15. The second-order valence-electron chi connectivity index (χ2n) is 4.34. The Bertz CT molecular complexity index is 698. The Morgan fingerprint density at radius 1 is 1.59 bits per heavy atom. The topological polar surface area (TPSA) is 128 Å². The van der Waals surface area contributed by atoms with Gasteiger partial charge in [0.25, 0.3) is 5.56 Å². The van der Waals surface area contributed by atoms with Gasteiger partial charge in [0.2, 0.25) is 5.95 Å². The van der Waals surface area contributed by atoms with Crippen LogP contribution in [0.15, 0.2) is 22.7 Å².